The fourth-order valence-corrected chi connectivity index (χ4v) is 9.02. The fourth-order valence-electron chi connectivity index (χ4n) is 9.02. The lowest BCUT2D eigenvalue weighted by atomic mass is 10.0. The number of carbonyl (C=O) groups is 2. The summed E-state index contributed by atoms with van der Waals surface area (Å²) in [4.78, 5) is 24.6. The third-order valence-electron chi connectivity index (χ3n) is 13.8. The second-order valence-corrected chi connectivity index (χ2v) is 21.1. The number of aliphatic hydroxyl groups is 1. The number of allylic oxidation sites excluding steroid dienone is 20. The summed E-state index contributed by atoms with van der Waals surface area (Å²) in [5.41, 5.74) is 0. The molecule has 5 heteroatoms. The monoisotopic (exact) mass is 1050 g/mol. The van der Waals surface area contributed by atoms with Crippen molar-refractivity contribution < 1.29 is 24.2 Å². The van der Waals surface area contributed by atoms with Crippen LogP contribution in [0.4, 0.5) is 0 Å². The SMILES string of the molecule is CC/C=C\C/C=C\C/C=C\C/C=C\C/C=C\C/C=C\CCCCCCCCCCCCCCC(=O)OC(CO)COC(=O)CCCCCCCCCCCCCCCCCCCC/C=C\C/C=C\C/C=C\C/C=C\CC. The van der Waals surface area contributed by atoms with Crippen LogP contribution >= 0.6 is 0 Å². The van der Waals surface area contributed by atoms with E-state index in [0.717, 1.165) is 103 Å². The molecule has 0 aromatic rings. The van der Waals surface area contributed by atoms with Gasteiger partial charge in [-0.15, -0.1) is 0 Å². The van der Waals surface area contributed by atoms with Gasteiger partial charge in [0.1, 0.15) is 6.61 Å². The van der Waals surface area contributed by atoms with Gasteiger partial charge in [-0.25, -0.2) is 0 Å². The number of ether oxygens (including phenoxy) is 2. The highest BCUT2D eigenvalue weighted by molar-refractivity contribution is 5.70. The Morgan fingerprint density at radius 1 is 0.303 bits per heavy atom. The van der Waals surface area contributed by atoms with Gasteiger partial charge >= 0.3 is 11.9 Å². The Morgan fingerprint density at radius 2 is 0.526 bits per heavy atom. The van der Waals surface area contributed by atoms with Crippen LogP contribution in [0.25, 0.3) is 0 Å². The standard InChI is InChI=1S/C71H120O5/c1-3-5-7-9-11-13-15-17-19-21-23-25-27-29-31-33-35-37-39-41-43-45-47-49-51-53-55-57-59-61-63-65-70(73)75-68-69(67-72)76-71(74)66-64-62-60-58-56-54-52-50-48-46-44-42-40-38-36-34-32-30-28-26-24-22-20-18-16-14-12-10-8-6-4-2/h5-8,11-14,17-20,23-26,30,32,36,38,69,72H,3-4,9-10,15-16,21-22,27-29,31,33-35,37,39-68H2,1-2H3/b7-5-,8-6-,13-11-,14-12-,19-17-,20-18-,25-23-,26-24-,32-30-,38-36-. The predicted molar refractivity (Wildman–Crippen MR) is 334 cm³/mol. The second-order valence-electron chi connectivity index (χ2n) is 21.1. The van der Waals surface area contributed by atoms with Gasteiger partial charge in [0.05, 0.1) is 6.61 Å². The van der Waals surface area contributed by atoms with E-state index in [2.05, 4.69) is 135 Å². The zero-order valence-electron chi connectivity index (χ0n) is 49.7. The van der Waals surface area contributed by atoms with E-state index in [0.29, 0.717) is 12.8 Å². The van der Waals surface area contributed by atoms with Gasteiger partial charge in [-0.2, -0.15) is 0 Å². The number of unbranched alkanes of at least 4 members (excludes halogenated alkanes) is 30. The minimum absolute atomic E-state index is 0.0694. The molecule has 0 saturated heterocycles. The van der Waals surface area contributed by atoms with E-state index in [9.17, 15) is 14.7 Å². The lowest BCUT2D eigenvalue weighted by Gasteiger charge is -2.15. The minimum atomic E-state index is -0.780. The Labute approximate surface area is 471 Å². The van der Waals surface area contributed by atoms with Gasteiger partial charge in [0.25, 0.3) is 0 Å². The zero-order chi connectivity index (χ0) is 54.8. The van der Waals surface area contributed by atoms with Gasteiger partial charge < -0.3 is 14.6 Å². The van der Waals surface area contributed by atoms with Crippen molar-refractivity contribution in [2.75, 3.05) is 13.2 Å². The molecule has 0 bridgehead atoms. The number of hydrogen-bond acceptors (Lipinski definition) is 5. The Bertz CT molecular complexity index is 1520. The maximum atomic E-state index is 12.3. The van der Waals surface area contributed by atoms with Gasteiger partial charge in [-0.05, 0) is 103 Å². The molecule has 0 saturated carbocycles. The maximum absolute atomic E-state index is 12.3. The predicted octanol–water partition coefficient (Wildman–Crippen LogP) is 22.2. The van der Waals surface area contributed by atoms with Crippen molar-refractivity contribution in [3.8, 4) is 0 Å². The molecular weight excluding hydrogens is 933 g/mol. The summed E-state index contributed by atoms with van der Waals surface area (Å²) in [7, 11) is 0. The molecule has 0 rings (SSSR count). The van der Waals surface area contributed by atoms with Gasteiger partial charge in [0.15, 0.2) is 6.10 Å². The van der Waals surface area contributed by atoms with Crippen LogP contribution in [0.5, 0.6) is 0 Å². The zero-order valence-corrected chi connectivity index (χ0v) is 49.7. The quantitative estimate of drug-likeness (QED) is 0.0373. The van der Waals surface area contributed by atoms with Crippen LogP contribution in [0.2, 0.25) is 0 Å². The molecule has 5 nitrogen and oxygen atoms in total. The van der Waals surface area contributed by atoms with Crippen LogP contribution in [0, 0.1) is 0 Å². The van der Waals surface area contributed by atoms with E-state index in [1.165, 1.54) is 167 Å². The topological polar surface area (TPSA) is 72.8 Å². The van der Waals surface area contributed by atoms with Gasteiger partial charge in [-0.3, -0.25) is 9.59 Å². The highest BCUT2D eigenvalue weighted by Gasteiger charge is 2.16. The molecule has 0 spiro atoms. The van der Waals surface area contributed by atoms with Gasteiger partial charge in [0.2, 0.25) is 0 Å². The van der Waals surface area contributed by atoms with Crippen LogP contribution in [-0.4, -0.2) is 36.4 Å². The smallest absolute Gasteiger partial charge is 0.306 e. The average Bonchev–Trinajstić information content (AvgIpc) is 3.42. The van der Waals surface area contributed by atoms with Crippen molar-refractivity contribution in [1.82, 2.24) is 0 Å². The van der Waals surface area contributed by atoms with Crippen molar-refractivity contribution in [2.24, 2.45) is 0 Å². The first-order valence-electron chi connectivity index (χ1n) is 32.1. The van der Waals surface area contributed by atoms with Gasteiger partial charge in [0, 0.05) is 12.8 Å². The third-order valence-corrected chi connectivity index (χ3v) is 13.8. The molecule has 0 amide bonds. The molecule has 1 N–H and O–H groups in total. The summed E-state index contributed by atoms with van der Waals surface area (Å²) < 4.78 is 10.7. The minimum Gasteiger partial charge on any atom is -0.462 e. The molecular formula is C71H120O5. The molecule has 76 heavy (non-hydrogen) atoms. The molecule has 1 atom stereocenters. The molecule has 0 heterocycles. The molecule has 0 aliphatic heterocycles. The Morgan fingerprint density at radius 3 is 0.789 bits per heavy atom. The van der Waals surface area contributed by atoms with E-state index < -0.39 is 6.10 Å². The van der Waals surface area contributed by atoms with Crippen LogP contribution < -0.4 is 0 Å². The van der Waals surface area contributed by atoms with Crippen LogP contribution in [0.3, 0.4) is 0 Å². The van der Waals surface area contributed by atoms with Crippen LogP contribution in [-0.2, 0) is 19.1 Å². The highest BCUT2D eigenvalue weighted by atomic mass is 16.6. The average molecular weight is 1050 g/mol. The molecule has 434 valence electrons. The number of esters is 2. The molecule has 0 aromatic carbocycles. The Hall–Kier alpha value is -3.70. The lowest BCUT2D eigenvalue weighted by Crippen LogP contribution is -2.28. The molecule has 1 unspecified atom stereocenters. The van der Waals surface area contributed by atoms with E-state index in [1.807, 2.05) is 0 Å². The summed E-state index contributed by atoms with van der Waals surface area (Å²) in [5, 5.41) is 9.69. The van der Waals surface area contributed by atoms with Crippen LogP contribution in [0.15, 0.2) is 122 Å². The Balaban J connectivity index is 3.48. The van der Waals surface area contributed by atoms with E-state index in [4.69, 9.17) is 9.47 Å². The molecule has 0 aromatic heterocycles. The first kappa shape index (κ1) is 72.3. The highest BCUT2D eigenvalue weighted by Crippen LogP contribution is 2.17. The summed E-state index contributed by atoms with van der Waals surface area (Å²) >= 11 is 0. The van der Waals surface area contributed by atoms with Crippen molar-refractivity contribution in [3.63, 3.8) is 0 Å². The second kappa shape index (κ2) is 65.6. The molecule has 0 aliphatic rings. The van der Waals surface area contributed by atoms with Gasteiger partial charge in [-0.1, -0.05) is 302 Å². The maximum Gasteiger partial charge on any atom is 0.306 e. The molecule has 0 radical (unpaired) electrons. The van der Waals surface area contributed by atoms with Crippen LogP contribution in [0.1, 0.15) is 296 Å². The van der Waals surface area contributed by atoms with E-state index >= 15 is 0 Å². The van der Waals surface area contributed by atoms with E-state index in [1.54, 1.807) is 0 Å². The number of carbonyl (C=O) groups excluding carboxylic acids is 2. The van der Waals surface area contributed by atoms with Crippen molar-refractivity contribution in [3.05, 3.63) is 122 Å². The largest absolute Gasteiger partial charge is 0.462 e. The Kier molecular flexibility index (Phi) is 62.4. The van der Waals surface area contributed by atoms with Crippen molar-refractivity contribution in [2.45, 2.75) is 302 Å². The first-order chi connectivity index (χ1) is 37.6. The fraction of sp³-hybridized carbons (Fsp3) is 0.690. The summed E-state index contributed by atoms with van der Waals surface area (Å²) in [6.07, 6.45) is 96.3. The summed E-state index contributed by atoms with van der Waals surface area (Å²) in [5.74, 6) is -0.587. The molecule has 0 aliphatic carbocycles. The first-order valence-corrected chi connectivity index (χ1v) is 32.1. The van der Waals surface area contributed by atoms with E-state index in [-0.39, 0.29) is 25.2 Å². The summed E-state index contributed by atoms with van der Waals surface area (Å²) in [6, 6.07) is 0. The van der Waals surface area contributed by atoms with Crippen molar-refractivity contribution >= 4 is 11.9 Å². The molecule has 0 fully saturated rings. The lowest BCUT2D eigenvalue weighted by molar-refractivity contribution is -0.161. The van der Waals surface area contributed by atoms with Crippen molar-refractivity contribution in [1.29, 1.82) is 0 Å². The number of hydrogen-bond donors (Lipinski definition) is 1. The third kappa shape index (κ3) is 62.8. The summed E-state index contributed by atoms with van der Waals surface area (Å²) in [6.45, 7) is 3.93. The normalized spacial score (nSPS) is 13.0. The number of aliphatic hydroxyl groups excluding tert-OH is 1. The number of rotatable bonds is 58.